The molecule has 3 nitrogen and oxygen atoms in total. The molecular formula is C14H21N3S. The monoisotopic (exact) mass is 263 g/mol. The third-order valence-electron chi connectivity index (χ3n) is 3.44. The lowest BCUT2D eigenvalue weighted by atomic mass is 10.1. The molecule has 2 N–H and O–H groups in total. The highest BCUT2D eigenvalue weighted by atomic mass is 32.1. The molecule has 0 spiro atoms. The van der Waals surface area contributed by atoms with Crippen molar-refractivity contribution in [2.24, 2.45) is 5.73 Å². The maximum atomic E-state index is 5.52. The van der Waals surface area contributed by atoms with Crippen molar-refractivity contribution in [3.63, 3.8) is 0 Å². The maximum Gasteiger partial charge on any atom is 0.0727 e. The Morgan fingerprint density at radius 1 is 1.22 bits per heavy atom. The van der Waals surface area contributed by atoms with Crippen molar-refractivity contribution < 1.29 is 0 Å². The molecule has 0 saturated heterocycles. The summed E-state index contributed by atoms with van der Waals surface area (Å²) in [5.74, 6) is 0. The molecule has 4 heteroatoms. The second-order valence-corrected chi connectivity index (χ2v) is 5.35. The van der Waals surface area contributed by atoms with E-state index >= 15 is 0 Å². The first-order valence-corrected chi connectivity index (χ1v) is 6.93. The van der Waals surface area contributed by atoms with Crippen molar-refractivity contribution in [2.45, 2.75) is 19.3 Å². The van der Waals surface area contributed by atoms with E-state index in [1.807, 2.05) is 0 Å². The van der Waals surface area contributed by atoms with Crippen LogP contribution in [0.15, 0.2) is 24.3 Å². The molecule has 0 radical (unpaired) electrons. The molecule has 0 atom stereocenters. The van der Waals surface area contributed by atoms with Gasteiger partial charge in [0.25, 0.3) is 0 Å². The van der Waals surface area contributed by atoms with E-state index < -0.39 is 0 Å². The van der Waals surface area contributed by atoms with Gasteiger partial charge in [0.05, 0.1) is 16.4 Å². The summed E-state index contributed by atoms with van der Waals surface area (Å²) in [6.45, 7) is 3.28. The van der Waals surface area contributed by atoms with E-state index in [0.29, 0.717) is 4.99 Å². The predicted molar refractivity (Wildman–Crippen MR) is 82.6 cm³/mol. The first-order valence-electron chi connectivity index (χ1n) is 6.52. The number of benzene rings is 1. The number of likely N-dealkylation sites (N-methyl/N-ethyl adjacent to an activating group) is 1. The zero-order valence-corrected chi connectivity index (χ0v) is 11.7. The normalized spacial score (nSPS) is 14.5. The molecule has 1 aromatic rings. The average Bonchev–Trinajstić information content (AvgIpc) is 2.37. The third kappa shape index (κ3) is 3.13. The van der Waals surface area contributed by atoms with E-state index in [0.717, 1.165) is 38.9 Å². The van der Waals surface area contributed by atoms with E-state index in [1.54, 1.807) is 0 Å². The molecule has 0 amide bonds. The van der Waals surface area contributed by atoms with E-state index in [9.17, 15) is 0 Å². The van der Waals surface area contributed by atoms with E-state index in [1.165, 1.54) is 11.4 Å². The van der Waals surface area contributed by atoms with Crippen LogP contribution in [0.2, 0.25) is 0 Å². The van der Waals surface area contributed by atoms with Gasteiger partial charge < -0.3 is 15.5 Å². The van der Waals surface area contributed by atoms with Crippen LogP contribution in [0.25, 0.3) is 0 Å². The van der Waals surface area contributed by atoms with Gasteiger partial charge in [-0.2, -0.15) is 0 Å². The van der Waals surface area contributed by atoms with Gasteiger partial charge in [-0.25, -0.2) is 0 Å². The molecule has 18 heavy (non-hydrogen) atoms. The Morgan fingerprint density at radius 2 is 1.94 bits per heavy atom. The van der Waals surface area contributed by atoms with Crippen molar-refractivity contribution in [1.82, 2.24) is 0 Å². The number of nitrogens with zero attached hydrogens (tertiary/aromatic N) is 2. The summed E-state index contributed by atoms with van der Waals surface area (Å²) in [6, 6.07) is 8.61. The van der Waals surface area contributed by atoms with Crippen LogP contribution in [0.1, 0.15) is 19.3 Å². The van der Waals surface area contributed by atoms with Crippen LogP contribution in [-0.2, 0) is 0 Å². The standard InChI is InChI=1S/C14H21N3S/c1-16-10-11-17(9-5-4-8-14(15)18)13-7-3-2-6-12(13)16/h2-3,6-7H,4-5,8-11H2,1H3,(H2,15,18). The number of anilines is 2. The Hall–Kier alpha value is -1.29. The van der Waals surface area contributed by atoms with Gasteiger partial charge in [0, 0.05) is 26.7 Å². The number of hydrogen-bond acceptors (Lipinski definition) is 3. The summed E-state index contributed by atoms with van der Waals surface area (Å²) in [5.41, 5.74) is 8.20. The zero-order chi connectivity index (χ0) is 13.0. The summed E-state index contributed by atoms with van der Waals surface area (Å²) < 4.78 is 0. The van der Waals surface area contributed by atoms with E-state index in [2.05, 4.69) is 41.1 Å². The number of unbranched alkanes of at least 4 members (excludes halogenated alkanes) is 1. The number of nitrogens with two attached hydrogens (primary N) is 1. The largest absolute Gasteiger partial charge is 0.393 e. The lowest BCUT2D eigenvalue weighted by molar-refractivity contribution is 0.677. The van der Waals surface area contributed by atoms with Gasteiger partial charge in [-0.1, -0.05) is 24.4 Å². The second-order valence-electron chi connectivity index (χ2n) is 4.82. The highest BCUT2D eigenvalue weighted by Crippen LogP contribution is 2.31. The molecule has 1 heterocycles. The Morgan fingerprint density at radius 3 is 2.67 bits per heavy atom. The summed E-state index contributed by atoms with van der Waals surface area (Å²) >= 11 is 4.90. The topological polar surface area (TPSA) is 32.5 Å². The van der Waals surface area contributed by atoms with Crippen molar-refractivity contribution in [3.8, 4) is 0 Å². The Labute approximate surface area is 115 Å². The molecule has 0 aromatic heterocycles. The van der Waals surface area contributed by atoms with Gasteiger partial charge in [0.1, 0.15) is 0 Å². The van der Waals surface area contributed by atoms with Crippen molar-refractivity contribution >= 4 is 28.6 Å². The predicted octanol–water partition coefficient (Wildman–Crippen LogP) is 2.40. The number of fused-ring (bicyclic) bond motifs is 1. The van der Waals surface area contributed by atoms with E-state index in [4.69, 9.17) is 18.0 Å². The molecule has 0 bridgehead atoms. The van der Waals surface area contributed by atoms with Crippen LogP contribution < -0.4 is 15.5 Å². The second kappa shape index (κ2) is 6.05. The average molecular weight is 263 g/mol. The Kier molecular flexibility index (Phi) is 4.42. The van der Waals surface area contributed by atoms with Crippen LogP contribution in [0.5, 0.6) is 0 Å². The lowest BCUT2D eigenvalue weighted by Crippen LogP contribution is -2.39. The Bertz CT molecular complexity index is 419. The zero-order valence-electron chi connectivity index (χ0n) is 10.9. The SMILES string of the molecule is CN1CCN(CCCCC(N)=S)c2ccccc21. The molecule has 0 saturated carbocycles. The smallest absolute Gasteiger partial charge is 0.0727 e. The summed E-state index contributed by atoms with van der Waals surface area (Å²) in [5, 5.41) is 0. The minimum atomic E-state index is 0.633. The molecule has 1 aliphatic heterocycles. The summed E-state index contributed by atoms with van der Waals surface area (Å²) in [7, 11) is 2.16. The van der Waals surface area contributed by atoms with Crippen LogP contribution in [-0.4, -0.2) is 31.7 Å². The highest BCUT2D eigenvalue weighted by molar-refractivity contribution is 7.80. The number of thiocarbonyl (C=S) groups is 1. The minimum absolute atomic E-state index is 0.633. The van der Waals surface area contributed by atoms with Crippen molar-refractivity contribution in [1.29, 1.82) is 0 Å². The lowest BCUT2D eigenvalue weighted by Gasteiger charge is -2.37. The van der Waals surface area contributed by atoms with Gasteiger partial charge in [0.15, 0.2) is 0 Å². The molecule has 0 fully saturated rings. The highest BCUT2D eigenvalue weighted by Gasteiger charge is 2.18. The van der Waals surface area contributed by atoms with E-state index in [-0.39, 0.29) is 0 Å². The first-order chi connectivity index (χ1) is 8.68. The van der Waals surface area contributed by atoms with Crippen LogP contribution >= 0.6 is 12.2 Å². The number of para-hydroxylation sites is 2. The fraction of sp³-hybridized carbons (Fsp3) is 0.500. The minimum Gasteiger partial charge on any atom is -0.393 e. The Balaban J connectivity index is 1.94. The van der Waals surface area contributed by atoms with Gasteiger partial charge in [-0.05, 0) is 31.4 Å². The van der Waals surface area contributed by atoms with Gasteiger partial charge >= 0.3 is 0 Å². The van der Waals surface area contributed by atoms with Gasteiger partial charge in [-0.3, -0.25) is 0 Å². The maximum absolute atomic E-state index is 5.52. The van der Waals surface area contributed by atoms with Gasteiger partial charge in [-0.15, -0.1) is 0 Å². The number of hydrogen-bond donors (Lipinski definition) is 1. The molecule has 2 rings (SSSR count). The van der Waals surface area contributed by atoms with Crippen molar-refractivity contribution in [3.05, 3.63) is 24.3 Å². The van der Waals surface area contributed by atoms with Crippen LogP contribution in [0.3, 0.4) is 0 Å². The van der Waals surface area contributed by atoms with Crippen molar-refractivity contribution in [2.75, 3.05) is 36.5 Å². The fourth-order valence-corrected chi connectivity index (χ4v) is 2.54. The molecule has 1 aromatic carbocycles. The van der Waals surface area contributed by atoms with Crippen LogP contribution in [0, 0.1) is 0 Å². The molecule has 0 aliphatic carbocycles. The first kappa shape index (κ1) is 13.1. The fourth-order valence-electron chi connectivity index (χ4n) is 2.40. The molecular weight excluding hydrogens is 242 g/mol. The quantitative estimate of drug-likeness (QED) is 0.653. The van der Waals surface area contributed by atoms with Crippen LogP contribution in [0.4, 0.5) is 11.4 Å². The molecule has 1 aliphatic rings. The third-order valence-corrected chi connectivity index (χ3v) is 3.64. The summed E-state index contributed by atoms with van der Waals surface area (Å²) in [4.78, 5) is 5.42. The molecule has 98 valence electrons. The summed E-state index contributed by atoms with van der Waals surface area (Å²) in [6.07, 6.45) is 3.10. The molecule has 0 unspecified atom stereocenters. The number of rotatable bonds is 5. The van der Waals surface area contributed by atoms with Gasteiger partial charge in [0.2, 0.25) is 0 Å².